The third kappa shape index (κ3) is 4.33. The Kier molecular flexibility index (Phi) is 5.53. The topological polar surface area (TPSA) is 44.5 Å². The minimum atomic E-state index is 0.339. The van der Waals surface area contributed by atoms with Crippen LogP contribution in [0.3, 0.4) is 0 Å². The molecule has 104 valence electrons. The summed E-state index contributed by atoms with van der Waals surface area (Å²) in [6, 6.07) is 17.5. The Morgan fingerprint density at radius 1 is 0.950 bits per heavy atom. The van der Waals surface area contributed by atoms with Crippen molar-refractivity contribution in [2.45, 2.75) is 6.61 Å². The molecular formula is C16H17NO2S. The van der Waals surface area contributed by atoms with Gasteiger partial charge in [-0.05, 0) is 17.7 Å². The third-order valence-electron chi connectivity index (χ3n) is 2.75. The van der Waals surface area contributed by atoms with E-state index in [4.69, 9.17) is 27.4 Å². The van der Waals surface area contributed by atoms with E-state index in [2.05, 4.69) is 0 Å². The Morgan fingerprint density at radius 2 is 1.65 bits per heavy atom. The van der Waals surface area contributed by atoms with Crippen molar-refractivity contribution in [2.24, 2.45) is 5.73 Å². The van der Waals surface area contributed by atoms with Crippen LogP contribution in [0.2, 0.25) is 0 Å². The zero-order valence-corrected chi connectivity index (χ0v) is 11.9. The van der Waals surface area contributed by atoms with Crippen molar-refractivity contribution in [3.8, 4) is 5.75 Å². The molecule has 0 fully saturated rings. The molecule has 2 aromatic carbocycles. The number of thiocarbonyl (C=S) groups is 1. The highest BCUT2D eigenvalue weighted by atomic mass is 32.1. The average Bonchev–Trinajstić information content (AvgIpc) is 2.48. The van der Waals surface area contributed by atoms with Crippen molar-refractivity contribution < 1.29 is 9.47 Å². The van der Waals surface area contributed by atoms with Gasteiger partial charge in [0.25, 0.3) is 0 Å². The molecule has 0 heterocycles. The smallest absolute Gasteiger partial charge is 0.129 e. The number of nitrogens with two attached hydrogens (primary N) is 1. The maximum atomic E-state index is 5.64. The molecule has 0 aliphatic rings. The molecule has 0 aromatic heterocycles. The molecule has 3 nitrogen and oxygen atoms in total. The molecule has 0 radical (unpaired) electrons. The molecule has 0 bridgehead atoms. The van der Waals surface area contributed by atoms with Crippen LogP contribution < -0.4 is 10.5 Å². The molecule has 2 aromatic rings. The van der Waals surface area contributed by atoms with Crippen molar-refractivity contribution in [1.29, 1.82) is 0 Å². The van der Waals surface area contributed by atoms with Gasteiger partial charge in [-0.3, -0.25) is 0 Å². The first kappa shape index (κ1) is 14.5. The number of para-hydroxylation sites is 1. The molecule has 0 unspecified atom stereocenters. The largest absolute Gasteiger partial charge is 0.490 e. The van der Waals surface area contributed by atoms with Crippen LogP contribution in [-0.4, -0.2) is 18.2 Å². The third-order valence-corrected chi connectivity index (χ3v) is 2.97. The summed E-state index contributed by atoms with van der Waals surface area (Å²) >= 11 is 4.98. The van der Waals surface area contributed by atoms with E-state index < -0.39 is 0 Å². The molecule has 0 atom stereocenters. The second-order valence-electron chi connectivity index (χ2n) is 4.25. The number of hydrogen-bond acceptors (Lipinski definition) is 3. The monoisotopic (exact) mass is 287 g/mol. The van der Waals surface area contributed by atoms with Gasteiger partial charge in [0.05, 0.1) is 18.8 Å². The van der Waals surface area contributed by atoms with Crippen molar-refractivity contribution >= 4 is 17.2 Å². The van der Waals surface area contributed by atoms with Gasteiger partial charge in [-0.25, -0.2) is 0 Å². The lowest BCUT2D eigenvalue weighted by Crippen LogP contribution is -2.13. The molecule has 0 aliphatic carbocycles. The lowest BCUT2D eigenvalue weighted by molar-refractivity contribution is 0.0889. The molecule has 2 rings (SSSR count). The first-order chi connectivity index (χ1) is 9.77. The quantitative estimate of drug-likeness (QED) is 0.628. The number of hydrogen-bond donors (Lipinski definition) is 1. The van der Waals surface area contributed by atoms with Gasteiger partial charge in [-0.2, -0.15) is 0 Å². The summed E-state index contributed by atoms with van der Waals surface area (Å²) in [5.41, 5.74) is 7.55. The summed E-state index contributed by atoms with van der Waals surface area (Å²) in [5.74, 6) is 0.698. The summed E-state index contributed by atoms with van der Waals surface area (Å²) in [7, 11) is 0. The SMILES string of the molecule is NC(=S)c1ccccc1OCCOCc1ccccc1. The molecular weight excluding hydrogens is 270 g/mol. The lowest BCUT2D eigenvalue weighted by Gasteiger charge is -2.10. The van der Waals surface area contributed by atoms with Crippen molar-refractivity contribution in [3.63, 3.8) is 0 Å². The van der Waals surface area contributed by atoms with Crippen LogP contribution in [0.15, 0.2) is 54.6 Å². The molecule has 0 saturated heterocycles. The summed E-state index contributed by atoms with van der Waals surface area (Å²) in [4.78, 5) is 0.339. The van der Waals surface area contributed by atoms with Crippen molar-refractivity contribution in [3.05, 3.63) is 65.7 Å². The first-order valence-electron chi connectivity index (χ1n) is 6.40. The Bertz CT molecular complexity index is 557. The van der Waals surface area contributed by atoms with Crippen LogP contribution in [-0.2, 0) is 11.3 Å². The van der Waals surface area contributed by atoms with Crippen LogP contribution in [0, 0.1) is 0 Å². The van der Waals surface area contributed by atoms with Crippen LogP contribution in [0.1, 0.15) is 11.1 Å². The predicted molar refractivity (Wildman–Crippen MR) is 83.9 cm³/mol. The molecule has 0 amide bonds. The Hall–Kier alpha value is -1.91. The summed E-state index contributed by atoms with van der Waals surface area (Å²) in [6.07, 6.45) is 0. The second kappa shape index (κ2) is 7.62. The molecule has 2 N–H and O–H groups in total. The van der Waals surface area contributed by atoms with Gasteiger partial charge in [-0.1, -0.05) is 54.7 Å². The fourth-order valence-corrected chi connectivity index (χ4v) is 1.94. The molecule has 20 heavy (non-hydrogen) atoms. The normalized spacial score (nSPS) is 10.2. The first-order valence-corrected chi connectivity index (χ1v) is 6.81. The summed E-state index contributed by atoms with van der Waals surface area (Å²) in [6.45, 7) is 1.56. The van der Waals surface area contributed by atoms with E-state index in [0.29, 0.717) is 30.6 Å². The lowest BCUT2D eigenvalue weighted by atomic mass is 10.2. The Balaban J connectivity index is 1.75. The number of rotatable bonds is 7. The van der Waals surface area contributed by atoms with Crippen LogP contribution in [0.25, 0.3) is 0 Å². The predicted octanol–water partition coefficient (Wildman–Crippen LogP) is 2.92. The Labute approximate surface area is 124 Å². The van der Waals surface area contributed by atoms with Crippen molar-refractivity contribution in [2.75, 3.05) is 13.2 Å². The minimum Gasteiger partial charge on any atom is -0.490 e. The zero-order chi connectivity index (χ0) is 14.2. The second-order valence-corrected chi connectivity index (χ2v) is 4.69. The number of benzene rings is 2. The van der Waals surface area contributed by atoms with Gasteiger partial charge in [0.1, 0.15) is 17.3 Å². The van der Waals surface area contributed by atoms with Gasteiger partial charge in [0.15, 0.2) is 0 Å². The highest BCUT2D eigenvalue weighted by Gasteiger charge is 2.04. The standard InChI is InChI=1S/C16H17NO2S/c17-16(20)14-8-4-5-9-15(14)19-11-10-18-12-13-6-2-1-3-7-13/h1-9H,10-12H2,(H2,17,20). The van der Waals surface area contributed by atoms with Crippen LogP contribution in [0.4, 0.5) is 0 Å². The van der Waals surface area contributed by atoms with E-state index in [1.54, 1.807) is 0 Å². The van der Waals surface area contributed by atoms with E-state index >= 15 is 0 Å². The van der Waals surface area contributed by atoms with Gasteiger partial charge in [0, 0.05) is 0 Å². The van der Waals surface area contributed by atoms with Crippen LogP contribution in [0.5, 0.6) is 5.75 Å². The summed E-state index contributed by atoms with van der Waals surface area (Å²) < 4.78 is 11.2. The zero-order valence-electron chi connectivity index (χ0n) is 11.1. The Morgan fingerprint density at radius 3 is 2.40 bits per heavy atom. The molecule has 0 spiro atoms. The van der Waals surface area contributed by atoms with E-state index in [0.717, 1.165) is 11.1 Å². The van der Waals surface area contributed by atoms with Crippen molar-refractivity contribution in [1.82, 2.24) is 0 Å². The van der Waals surface area contributed by atoms with E-state index in [1.165, 1.54) is 0 Å². The van der Waals surface area contributed by atoms with Crippen LogP contribution >= 0.6 is 12.2 Å². The van der Waals surface area contributed by atoms with E-state index in [-0.39, 0.29) is 0 Å². The minimum absolute atomic E-state index is 0.339. The molecule has 0 aliphatic heterocycles. The fourth-order valence-electron chi connectivity index (χ4n) is 1.77. The number of ether oxygens (including phenoxy) is 2. The maximum absolute atomic E-state index is 5.64. The average molecular weight is 287 g/mol. The van der Waals surface area contributed by atoms with Gasteiger partial charge >= 0.3 is 0 Å². The van der Waals surface area contributed by atoms with Gasteiger partial charge in [0.2, 0.25) is 0 Å². The molecule has 0 saturated carbocycles. The fraction of sp³-hybridized carbons (Fsp3) is 0.188. The maximum Gasteiger partial charge on any atom is 0.129 e. The summed E-state index contributed by atoms with van der Waals surface area (Å²) in [5, 5.41) is 0. The van der Waals surface area contributed by atoms with Gasteiger partial charge < -0.3 is 15.2 Å². The highest BCUT2D eigenvalue weighted by Crippen LogP contribution is 2.17. The van der Waals surface area contributed by atoms with E-state index in [9.17, 15) is 0 Å². The molecule has 4 heteroatoms. The van der Waals surface area contributed by atoms with Gasteiger partial charge in [-0.15, -0.1) is 0 Å². The highest BCUT2D eigenvalue weighted by molar-refractivity contribution is 7.80. The van der Waals surface area contributed by atoms with E-state index in [1.807, 2.05) is 54.6 Å².